The summed E-state index contributed by atoms with van der Waals surface area (Å²) in [7, 11) is 0. The maximum absolute atomic E-state index is 13.5. The molecule has 2 rings (SSSR count). The van der Waals surface area contributed by atoms with Crippen LogP contribution in [0.2, 0.25) is 0 Å². The van der Waals surface area contributed by atoms with Crippen LogP contribution in [-0.2, 0) is 6.42 Å². The highest BCUT2D eigenvalue weighted by atomic mass is 19.1. The molecule has 0 saturated carbocycles. The third-order valence-electron chi connectivity index (χ3n) is 3.52. The SMILES string of the molecule is CCN1CCCC(Cc2ccccc2F)C1. The van der Waals surface area contributed by atoms with Crippen LogP contribution in [0.4, 0.5) is 4.39 Å². The topological polar surface area (TPSA) is 3.24 Å². The summed E-state index contributed by atoms with van der Waals surface area (Å²) in [5.41, 5.74) is 0.880. The molecule has 1 fully saturated rings. The van der Waals surface area contributed by atoms with Crippen LogP contribution in [0.1, 0.15) is 25.3 Å². The molecule has 1 aliphatic heterocycles. The van der Waals surface area contributed by atoms with Gasteiger partial charge < -0.3 is 4.90 Å². The quantitative estimate of drug-likeness (QED) is 0.758. The van der Waals surface area contributed by atoms with Crippen molar-refractivity contribution in [2.24, 2.45) is 5.92 Å². The zero-order valence-corrected chi connectivity index (χ0v) is 9.95. The van der Waals surface area contributed by atoms with Crippen LogP contribution >= 0.6 is 0 Å². The summed E-state index contributed by atoms with van der Waals surface area (Å²) in [5, 5.41) is 0. The lowest BCUT2D eigenvalue weighted by molar-refractivity contribution is 0.181. The van der Waals surface area contributed by atoms with E-state index in [-0.39, 0.29) is 5.82 Å². The fourth-order valence-corrected chi connectivity index (χ4v) is 2.58. The monoisotopic (exact) mass is 221 g/mol. The number of benzene rings is 1. The van der Waals surface area contributed by atoms with Crippen LogP contribution in [-0.4, -0.2) is 24.5 Å². The lowest BCUT2D eigenvalue weighted by Crippen LogP contribution is -2.36. The fourth-order valence-electron chi connectivity index (χ4n) is 2.58. The average Bonchev–Trinajstić information content (AvgIpc) is 2.32. The van der Waals surface area contributed by atoms with Crippen molar-refractivity contribution >= 4 is 0 Å². The first-order chi connectivity index (χ1) is 7.79. The Hall–Kier alpha value is -0.890. The van der Waals surface area contributed by atoms with Gasteiger partial charge in [-0.1, -0.05) is 25.1 Å². The molecule has 1 unspecified atom stereocenters. The Morgan fingerprint density at radius 1 is 1.38 bits per heavy atom. The number of nitrogens with zero attached hydrogens (tertiary/aromatic N) is 1. The molecule has 1 heterocycles. The molecular weight excluding hydrogens is 201 g/mol. The molecule has 1 aromatic carbocycles. The molecule has 1 nitrogen and oxygen atoms in total. The maximum Gasteiger partial charge on any atom is 0.126 e. The summed E-state index contributed by atoms with van der Waals surface area (Å²) in [6.07, 6.45) is 3.39. The van der Waals surface area contributed by atoms with Gasteiger partial charge in [0.1, 0.15) is 5.82 Å². The summed E-state index contributed by atoms with van der Waals surface area (Å²) in [4.78, 5) is 2.47. The molecule has 1 aliphatic rings. The molecule has 88 valence electrons. The Morgan fingerprint density at radius 2 is 2.19 bits per heavy atom. The molecule has 1 saturated heterocycles. The number of hydrogen-bond donors (Lipinski definition) is 0. The van der Waals surface area contributed by atoms with E-state index in [0.717, 1.165) is 25.1 Å². The number of hydrogen-bond acceptors (Lipinski definition) is 1. The van der Waals surface area contributed by atoms with Crippen LogP contribution in [0.15, 0.2) is 24.3 Å². The van der Waals surface area contributed by atoms with E-state index in [0.29, 0.717) is 5.92 Å². The van der Waals surface area contributed by atoms with E-state index in [9.17, 15) is 4.39 Å². The van der Waals surface area contributed by atoms with Crippen LogP contribution in [0, 0.1) is 11.7 Å². The molecule has 0 radical (unpaired) electrons. The van der Waals surface area contributed by atoms with Gasteiger partial charge in [0.15, 0.2) is 0 Å². The molecule has 2 heteroatoms. The van der Waals surface area contributed by atoms with E-state index in [4.69, 9.17) is 0 Å². The summed E-state index contributed by atoms with van der Waals surface area (Å²) in [6, 6.07) is 7.17. The highest BCUT2D eigenvalue weighted by Gasteiger charge is 2.19. The third-order valence-corrected chi connectivity index (χ3v) is 3.52. The van der Waals surface area contributed by atoms with Crippen molar-refractivity contribution in [1.82, 2.24) is 4.90 Å². The lowest BCUT2D eigenvalue weighted by Gasteiger charge is -2.31. The van der Waals surface area contributed by atoms with Gasteiger partial charge in [-0.15, -0.1) is 0 Å². The molecule has 0 amide bonds. The predicted molar refractivity (Wildman–Crippen MR) is 64.9 cm³/mol. The molecule has 0 aliphatic carbocycles. The second-order valence-electron chi connectivity index (χ2n) is 4.70. The van der Waals surface area contributed by atoms with Crippen LogP contribution in [0.5, 0.6) is 0 Å². The zero-order chi connectivity index (χ0) is 11.4. The second kappa shape index (κ2) is 5.44. The Kier molecular flexibility index (Phi) is 3.94. The molecule has 1 atom stereocenters. The van der Waals surface area contributed by atoms with Crippen molar-refractivity contribution < 1.29 is 4.39 Å². The Labute approximate surface area is 97.3 Å². The third kappa shape index (κ3) is 2.82. The largest absolute Gasteiger partial charge is 0.303 e. The smallest absolute Gasteiger partial charge is 0.126 e. The fraction of sp³-hybridized carbons (Fsp3) is 0.571. The Bertz CT molecular complexity index is 337. The molecule has 1 aromatic rings. The number of halogens is 1. The van der Waals surface area contributed by atoms with Gasteiger partial charge in [0.25, 0.3) is 0 Å². The number of rotatable bonds is 3. The van der Waals surface area contributed by atoms with Gasteiger partial charge in [-0.3, -0.25) is 0 Å². The van der Waals surface area contributed by atoms with Gasteiger partial charge in [-0.2, -0.15) is 0 Å². The normalized spacial score (nSPS) is 22.2. The van der Waals surface area contributed by atoms with Gasteiger partial charge in [0.05, 0.1) is 0 Å². The first-order valence-electron chi connectivity index (χ1n) is 6.25. The van der Waals surface area contributed by atoms with Crippen LogP contribution < -0.4 is 0 Å². The van der Waals surface area contributed by atoms with E-state index in [1.165, 1.54) is 19.4 Å². The molecule has 0 bridgehead atoms. The minimum Gasteiger partial charge on any atom is -0.303 e. The summed E-state index contributed by atoms with van der Waals surface area (Å²) in [6.45, 7) is 5.66. The van der Waals surface area contributed by atoms with Crippen molar-refractivity contribution in [2.45, 2.75) is 26.2 Å². The van der Waals surface area contributed by atoms with Gasteiger partial charge >= 0.3 is 0 Å². The van der Waals surface area contributed by atoms with Crippen molar-refractivity contribution in [3.05, 3.63) is 35.6 Å². The lowest BCUT2D eigenvalue weighted by atomic mass is 9.91. The number of likely N-dealkylation sites (tertiary alicyclic amines) is 1. The van der Waals surface area contributed by atoms with E-state index in [1.807, 2.05) is 12.1 Å². The average molecular weight is 221 g/mol. The maximum atomic E-state index is 13.5. The molecule has 0 aromatic heterocycles. The van der Waals surface area contributed by atoms with Gasteiger partial charge in [0.2, 0.25) is 0 Å². The molecule has 0 N–H and O–H groups in total. The van der Waals surface area contributed by atoms with E-state index in [1.54, 1.807) is 12.1 Å². The van der Waals surface area contributed by atoms with E-state index in [2.05, 4.69) is 11.8 Å². The Balaban J connectivity index is 1.97. The van der Waals surface area contributed by atoms with Crippen molar-refractivity contribution in [1.29, 1.82) is 0 Å². The van der Waals surface area contributed by atoms with Crippen molar-refractivity contribution in [2.75, 3.05) is 19.6 Å². The standard InChI is InChI=1S/C14H20FN/c1-2-16-9-5-6-12(11-16)10-13-7-3-4-8-14(13)15/h3-4,7-8,12H,2,5-6,9-11H2,1H3. The summed E-state index contributed by atoms with van der Waals surface area (Å²) in [5.74, 6) is 0.585. The first kappa shape index (κ1) is 11.6. The highest BCUT2D eigenvalue weighted by molar-refractivity contribution is 5.18. The molecule has 16 heavy (non-hydrogen) atoms. The number of piperidine rings is 1. The minimum atomic E-state index is -0.0453. The molecule has 0 spiro atoms. The predicted octanol–water partition coefficient (Wildman–Crippen LogP) is 3.10. The van der Waals surface area contributed by atoms with Crippen molar-refractivity contribution in [3.63, 3.8) is 0 Å². The zero-order valence-electron chi connectivity index (χ0n) is 9.95. The van der Waals surface area contributed by atoms with Gasteiger partial charge in [0, 0.05) is 6.54 Å². The van der Waals surface area contributed by atoms with Gasteiger partial charge in [-0.05, 0) is 49.9 Å². The van der Waals surface area contributed by atoms with E-state index < -0.39 is 0 Å². The second-order valence-corrected chi connectivity index (χ2v) is 4.70. The van der Waals surface area contributed by atoms with Gasteiger partial charge in [-0.25, -0.2) is 4.39 Å². The van der Waals surface area contributed by atoms with Crippen LogP contribution in [0.3, 0.4) is 0 Å². The minimum absolute atomic E-state index is 0.0453. The van der Waals surface area contributed by atoms with Crippen molar-refractivity contribution in [3.8, 4) is 0 Å². The van der Waals surface area contributed by atoms with Crippen LogP contribution in [0.25, 0.3) is 0 Å². The Morgan fingerprint density at radius 3 is 2.94 bits per heavy atom. The molecular formula is C14H20FN. The van der Waals surface area contributed by atoms with E-state index >= 15 is 0 Å². The summed E-state index contributed by atoms with van der Waals surface area (Å²) < 4.78 is 13.5. The summed E-state index contributed by atoms with van der Waals surface area (Å²) >= 11 is 0. The first-order valence-corrected chi connectivity index (χ1v) is 6.25. The highest BCUT2D eigenvalue weighted by Crippen LogP contribution is 2.21.